The van der Waals surface area contributed by atoms with Crippen molar-refractivity contribution in [2.75, 3.05) is 0 Å². The van der Waals surface area contributed by atoms with Gasteiger partial charge in [-0.2, -0.15) is 5.21 Å². The zero-order valence-electron chi connectivity index (χ0n) is 14.1. The van der Waals surface area contributed by atoms with Crippen molar-refractivity contribution >= 4 is 6.21 Å². The Labute approximate surface area is 141 Å². The van der Waals surface area contributed by atoms with E-state index in [4.69, 9.17) is 0 Å². The molecular formula is C19H21N5. The van der Waals surface area contributed by atoms with Gasteiger partial charge in [-0.05, 0) is 34.7 Å². The van der Waals surface area contributed by atoms with Crippen LogP contribution in [0, 0.1) is 5.92 Å². The molecule has 5 heteroatoms. The lowest BCUT2D eigenvalue weighted by Crippen LogP contribution is -2.07. The summed E-state index contributed by atoms with van der Waals surface area (Å²) < 4.78 is 0. The van der Waals surface area contributed by atoms with Crippen LogP contribution in [-0.4, -0.2) is 32.9 Å². The van der Waals surface area contributed by atoms with Gasteiger partial charge < -0.3 is 0 Å². The second-order valence-corrected chi connectivity index (χ2v) is 6.17. The highest BCUT2D eigenvalue weighted by Gasteiger charge is 2.10. The zero-order chi connectivity index (χ0) is 16.9. The standard InChI is InChI=1S/C19H21N5/c1-13(2)14(3)20-12-15-8-10-16(11-9-15)17-6-4-5-7-18(17)19-21-23-24-22-19/h4-14H,1-3H3,(H,21,22,23,24). The van der Waals surface area contributed by atoms with Gasteiger partial charge in [-0.3, -0.25) is 4.99 Å². The number of H-pyrrole nitrogens is 1. The molecule has 0 saturated heterocycles. The lowest BCUT2D eigenvalue weighted by molar-refractivity contribution is 0.533. The van der Waals surface area contributed by atoms with Gasteiger partial charge >= 0.3 is 0 Å². The van der Waals surface area contributed by atoms with E-state index in [1.54, 1.807) is 0 Å². The average Bonchev–Trinajstić information content (AvgIpc) is 3.14. The molecule has 1 atom stereocenters. The average molecular weight is 319 g/mol. The van der Waals surface area contributed by atoms with Crippen molar-refractivity contribution in [1.82, 2.24) is 20.6 Å². The van der Waals surface area contributed by atoms with Gasteiger partial charge in [0.25, 0.3) is 0 Å². The topological polar surface area (TPSA) is 66.8 Å². The lowest BCUT2D eigenvalue weighted by Gasteiger charge is -2.09. The van der Waals surface area contributed by atoms with Crippen LogP contribution in [0.1, 0.15) is 26.3 Å². The molecule has 0 amide bonds. The Kier molecular flexibility index (Phi) is 4.79. The van der Waals surface area contributed by atoms with Crippen LogP contribution >= 0.6 is 0 Å². The van der Waals surface area contributed by atoms with Gasteiger partial charge in [-0.1, -0.05) is 62.4 Å². The minimum Gasteiger partial charge on any atom is -0.289 e. The summed E-state index contributed by atoms with van der Waals surface area (Å²) in [5.41, 5.74) is 4.26. The normalized spacial score (nSPS) is 12.8. The van der Waals surface area contributed by atoms with E-state index in [2.05, 4.69) is 76.7 Å². The fourth-order valence-electron chi connectivity index (χ4n) is 2.33. The first-order chi connectivity index (χ1) is 11.6. The summed E-state index contributed by atoms with van der Waals surface area (Å²) in [7, 11) is 0. The predicted octanol–water partition coefficient (Wildman–Crippen LogP) is 4.00. The monoisotopic (exact) mass is 319 g/mol. The number of tetrazole rings is 1. The van der Waals surface area contributed by atoms with E-state index in [9.17, 15) is 0 Å². The summed E-state index contributed by atoms with van der Waals surface area (Å²) >= 11 is 0. The van der Waals surface area contributed by atoms with Crippen LogP contribution in [0.5, 0.6) is 0 Å². The molecule has 1 heterocycles. The van der Waals surface area contributed by atoms with E-state index >= 15 is 0 Å². The molecule has 0 aliphatic heterocycles. The van der Waals surface area contributed by atoms with Crippen molar-refractivity contribution in [1.29, 1.82) is 0 Å². The van der Waals surface area contributed by atoms with Gasteiger partial charge in [0.1, 0.15) is 0 Å². The molecule has 5 nitrogen and oxygen atoms in total. The molecule has 0 radical (unpaired) electrons. The summed E-state index contributed by atoms with van der Waals surface area (Å²) in [6, 6.07) is 16.7. The maximum absolute atomic E-state index is 4.60. The Bertz CT molecular complexity index is 804. The van der Waals surface area contributed by atoms with E-state index in [-0.39, 0.29) is 0 Å². The van der Waals surface area contributed by atoms with E-state index in [0.717, 1.165) is 22.3 Å². The maximum atomic E-state index is 4.60. The summed E-state index contributed by atoms with van der Waals surface area (Å²) in [6.07, 6.45) is 1.94. The second-order valence-electron chi connectivity index (χ2n) is 6.17. The largest absolute Gasteiger partial charge is 0.289 e. The Hall–Kier alpha value is -2.82. The fourth-order valence-corrected chi connectivity index (χ4v) is 2.33. The van der Waals surface area contributed by atoms with Crippen LogP contribution in [0.15, 0.2) is 53.5 Å². The molecule has 0 aliphatic rings. The van der Waals surface area contributed by atoms with Crippen molar-refractivity contribution in [3.05, 3.63) is 54.1 Å². The zero-order valence-corrected chi connectivity index (χ0v) is 14.1. The molecule has 122 valence electrons. The molecule has 0 aliphatic carbocycles. The van der Waals surface area contributed by atoms with Crippen LogP contribution in [0.3, 0.4) is 0 Å². The van der Waals surface area contributed by atoms with Crippen molar-refractivity contribution in [2.24, 2.45) is 10.9 Å². The third kappa shape index (κ3) is 3.56. The molecule has 0 bridgehead atoms. The van der Waals surface area contributed by atoms with Gasteiger partial charge in [-0.15, -0.1) is 10.2 Å². The van der Waals surface area contributed by atoms with Gasteiger partial charge in [-0.25, -0.2) is 0 Å². The number of nitrogens with zero attached hydrogens (tertiary/aromatic N) is 4. The fraction of sp³-hybridized carbons (Fsp3) is 0.263. The number of aromatic nitrogens is 4. The van der Waals surface area contributed by atoms with E-state index < -0.39 is 0 Å². The Morgan fingerprint density at radius 1 is 0.958 bits per heavy atom. The Morgan fingerprint density at radius 2 is 1.67 bits per heavy atom. The molecule has 1 N–H and O–H groups in total. The first-order valence-electron chi connectivity index (χ1n) is 8.11. The van der Waals surface area contributed by atoms with E-state index in [1.807, 2.05) is 24.4 Å². The number of rotatable bonds is 5. The summed E-state index contributed by atoms with van der Waals surface area (Å²) in [4.78, 5) is 4.60. The Balaban J connectivity index is 1.87. The second kappa shape index (κ2) is 7.17. The van der Waals surface area contributed by atoms with Gasteiger partial charge in [0.15, 0.2) is 0 Å². The maximum Gasteiger partial charge on any atom is 0.205 e. The van der Waals surface area contributed by atoms with Gasteiger partial charge in [0, 0.05) is 17.8 Å². The van der Waals surface area contributed by atoms with Crippen molar-refractivity contribution < 1.29 is 0 Å². The SMILES string of the molecule is CC(C)C(C)N=Cc1ccc(-c2ccccc2-c2nn[nH]n2)cc1. The Morgan fingerprint density at radius 3 is 2.29 bits per heavy atom. The predicted molar refractivity (Wildman–Crippen MR) is 96.9 cm³/mol. The van der Waals surface area contributed by atoms with Gasteiger partial charge in [0.2, 0.25) is 5.82 Å². The molecule has 3 aromatic rings. The first-order valence-corrected chi connectivity index (χ1v) is 8.11. The third-order valence-electron chi connectivity index (χ3n) is 4.16. The summed E-state index contributed by atoms with van der Waals surface area (Å²) in [6.45, 7) is 6.50. The molecule has 0 spiro atoms. The molecule has 1 unspecified atom stereocenters. The van der Waals surface area contributed by atoms with Crippen LogP contribution in [0.25, 0.3) is 22.5 Å². The first kappa shape index (κ1) is 16.1. The quantitative estimate of drug-likeness (QED) is 0.723. The number of nitrogens with one attached hydrogen (secondary N) is 1. The molecule has 2 aromatic carbocycles. The number of benzene rings is 2. The van der Waals surface area contributed by atoms with Gasteiger partial charge in [0.05, 0.1) is 0 Å². The number of aromatic amines is 1. The highest BCUT2D eigenvalue weighted by Crippen LogP contribution is 2.29. The van der Waals surface area contributed by atoms with Crippen molar-refractivity contribution in [2.45, 2.75) is 26.8 Å². The minimum absolute atomic E-state index is 0.323. The van der Waals surface area contributed by atoms with E-state index in [1.165, 1.54) is 0 Å². The summed E-state index contributed by atoms with van der Waals surface area (Å²) in [5, 5.41) is 14.3. The van der Waals surface area contributed by atoms with Crippen LogP contribution in [0.2, 0.25) is 0 Å². The van der Waals surface area contributed by atoms with E-state index in [0.29, 0.717) is 17.8 Å². The molecule has 3 rings (SSSR count). The highest BCUT2D eigenvalue weighted by atomic mass is 15.5. The molecular weight excluding hydrogens is 298 g/mol. The molecule has 24 heavy (non-hydrogen) atoms. The molecule has 0 fully saturated rings. The smallest absolute Gasteiger partial charge is 0.205 e. The number of aliphatic imine (C=N–C) groups is 1. The number of hydrogen-bond acceptors (Lipinski definition) is 4. The van der Waals surface area contributed by atoms with Crippen LogP contribution in [0.4, 0.5) is 0 Å². The third-order valence-corrected chi connectivity index (χ3v) is 4.16. The van der Waals surface area contributed by atoms with Crippen LogP contribution in [-0.2, 0) is 0 Å². The highest BCUT2D eigenvalue weighted by molar-refractivity contribution is 5.84. The summed E-state index contributed by atoms with van der Waals surface area (Å²) in [5.74, 6) is 1.14. The van der Waals surface area contributed by atoms with Crippen molar-refractivity contribution in [3.8, 4) is 22.5 Å². The lowest BCUT2D eigenvalue weighted by atomic mass is 9.98. The minimum atomic E-state index is 0.323. The number of hydrogen-bond donors (Lipinski definition) is 1. The van der Waals surface area contributed by atoms with Crippen molar-refractivity contribution in [3.63, 3.8) is 0 Å². The van der Waals surface area contributed by atoms with Crippen LogP contribution < -0.4 is 0 Å². The molecule has 0 saturated carbocycles. The molecule has 1 aromatic heterocycles.